The molecule has 0 atom stereocenters. The highest BCUT2D eigenvalue weighted by molar-refractivity contribution is 4.97. The fourth-order valence-corrected chi connectivity index (χ4v) is 2.79. The molecule has 0 unspecified atom stereocenters. The maximum Gasteiger partial charge on any atom is 0.229 e. The van der Waals surface area contributed by atoms with E-state index in [1.165, 1.54) is 0 Å². The van der Waals surface area contributed by atoms with Gasteiger partial charge in [-0.15, -0.1) is 0 Å². The molecule has 3 heterocycles. The Morgan fingerprint density at radius 1 is 1.11 bits per heavy atom. The van der Waals surface area contributed by atoms with E-state index in [1.807, 2.05) is 0 Å². The van der Waals surface area contributed by atoms with Crippen LogP contribution in [0, 0.1) is 5.92 Å². The molecule has 1 aromatic rings. The Morgan fingerprint density at radius 2 is 1.89 bits per heavy atom. The highest BCUT2D eigenvalue weighted by Gasteiger charge is 2.23. The highest BCUT2D eigenvalue weighted by atomic mass is 16.5. The third kappa shape index (κ3) is 2.90. The van der Waals surface area contributed by atoms with Gasteiger partial charge in [-0.1, -0.05) is 5.16 Å². The van der Waals surface area contributed by atoms with Gasteiger partial charge in [-0.3, -0.25) is 0 Å². The zero-order valence-electron chi connectivity index (χ0n) is 10.7. The third-order valence-corrected chi connectivity index (χ3v) is 3.98. The number of ether oxygens (including phenoxy) is 1. The molecule has 2 fully saturated rings. The van der Waals surface area contributed by atoms with Crippen molar-refractivity contribution in [3.8, 4) is 0 Å². The molecule has 3 rings (SSSR count). The van der Waals surface area contributed by atoms with Crippen molar-refractivity contribution in [2.45, 2.75) is 38.0 Å². The molecular weight excluding hydrogens is 230 g/mol. The van der Waals surface area contributed by atoms with Crippen LogP contribution in [0.1, 0.15) is 43.3 Å². The molecule has 0 aromatic carbocycles. The van der Waals surface area contributed by atoms with Crippen molar-refractivity contribution in [2.75, 3.05) is 26.3 Å². The lowest BCUT2D eigenvalue weighted by Gasteiger charge is -2.20. The van der Waals surface area contributed by atoms with Crippen molar-refractivity contribution >= 4 is 0 Å². The standard InChI is InChI=1S/C13H21N3O2/c1-5-14-6-2-11(1)13-15-12(16-18-13)9-10-3-7-17-8-4-10/h10-11,14H,1-9H2. The van der Waals surface area contributed by atoms with Crippen LogP contribution < -0.4 is 5.32 Å². The van der Waals surface area contributed by atoms with Gasteiger partial charge < -0.3 is 14.6 Å². The summed E-state index contributed by atoms with van der Waals surface area (Å²) in [5.74, 6) is 2.86. The minimum absolute atomic E-state index is 0.460. The van der Waals surface area contributed by atoms with E-state index in [2.05, 4.69) is 15.5 Å². The van der Waals surface area contributed by atoms with Crippen LogP contribution in [0.5, 0.6) is 0 Å². The zero-order chi connectivity index (χ0) is 12.2. The van der Waals surface area contributed by atoms with E-state index in [4.69, 9.17) is 9.26 Å². The molecule has 5 nitrogen and oxygen atoms in total. The molecule has 5 heteroatoms. The molecule has 2 aliphatic heterocycles. The Morgan fingerprint density at radius 3 is 2.67 bits per heavy atom. The summed E-state index contributed by atoms with van der Waals surface area (Å²) in [6.07, 6.45) is 5.41. The minimum atomic E-state index is 0.460. The Kier molecular flexibility index (Phi) is 3.90. The summed E-state index contributed by atoms with van der Waals surface area (Å²) in [7, 11) is 0. The van der Waals surface area contributed by atoms with Gasteiger partial charge in [0.1, 0.15) is 0 Å². The van der Waals surface area contributed by atoms with E-state index in [0.717, 1.165) is 70.1 Å². The average molecular weight is 251 g/mol. The summed E-state index contributed by atoms with van der Waals surface area (Å²) in [5.41, 5.74) is 0. The van der Waals surface area contributed by atoms with Crippen molar-refractivity contribution in [1.82, 2.24) is 15.5 Å². The van der Waals surface area contributed by atoms with Gasteiger partial charge in [-0.2, -0.15) is 4.98 Å². The van der Waals surface area contributed by atoms with Crippen molar-refractivity contribution < 1.29 is 9.26 Å². The quantitative estimate of drug-likeness (QED) is 0.882. The van der Waals surface area contributed by atoms with Crippen LogP contribution in [-0.4, -0.2) is 36.4 Å². The lowest BCUT2D eigenvalue weighted by molar-refractivity contribution is 0.0658. The summed E-state index contributed by atoms with van der Waals surface area (Å²) < 4.78 is 10.8. The number of aromatic nitrogens is 2. The molecule has 18 heavy (non-hydrogen) atoms. The first kappa shape index (κ1) is 12.1. The van der Waals surface area contributed by atoms with Gasteiger partial charge in [0, 0.05) is 25.6 Å². The topological polar surface area (TPSA) is 60.2 Å². The molecule has 1 aromatic heterocycles. The summed E-state index contributed by atoms with van der Waals surface area (Å²) in [6, 6.07) is 0. The van der Waals surface area contributed by atoms with Gasteiger partial charge in [-0.25, -0.2) is 0 Å². The molecule has 1 N–H and O–H groups in total. The Balaban J connectivity index is 1.58. The highest BCUT2D eigenvalue weighted by Crippen LogP contribution is 2.25. The van der Waals surface area contributed by atoms with Crippen LogP contribution in [0.2, 0.25) is 0 Å². The van der Waals surface area contributed by atoms with E-state index in [1.54, 1.807) is 0 Å². The van der Waals surface area contributed by atoms with E-state index in [9.17, 15) is 0 Å². The summed E-state index contributed by atoms with van der Waals surface area (Å²) in [6.45, 7) is 3.87. The number of nitrogens with zero attached hydrogens (tertiary/aromatic N) is 2. The van der Waals surface area contributed by atoms with Crippen molar-refractivity contribution in [3.63, 3.8) is 0 Å². The second kappa shape index (κ2) is 5.80. The molecule has 2 saturated heterocycles. The predicted molar refractivity (Wildman–Crippen MR) is 66.4 cm³/mol. The fourth-order valence-electron chi connectivity index (χ4n) is 2.79. The molecule has 0 spiro atoms. The second-order valence-corrected chi connectivity index (χ2v) is 5.33. The largest absolute Gasteiger partial charge is 0.381 e. The van der Waals surface area contributed by atoms with Crippen LogP contribution in [0.25, 0.3) is 0 Å². The van der Waals surface area contributed by atoms with E-state index in [0.29, 0.717) is 11.8 Å². The molecule has 0 bridgehead atoms. The first-order chi connectivity index (χ1) is 8.92. The van der Waals surface area contributed by atoms with Crippen molar-refractivity contribution in [1.29, 1.82) is 0 Å². The maximum atomic E-state index is 5.43. The second-order valence-electron chi connectivity index (χ2n) is 5.33. The van der Waals surface area contributed by atoms with Gasteiger partial charge >= 0.3 is 0 Å². The monoisotopic (exact) mass is 251 g/mol. The normalized spacial score (nSPS) is 23.3. The number of hydrogen-bond donors (Lipinski definition) is 1. The fraction of sp³-hybridized carbons (Fsp3) is 0.846. The van der Waals surface area contributed by atoms with Crippen LogP contribution in [0.4, 0.5) is 0 Å². The van der Waals surface area contributed by atoms with Crippen LogP contribution in [-0.2, 0) is 11.2 Å². The van der Waals surface area contributed by atoms with Crippen molar-refractivity contribution in [3.05, 3.63) is 11.7 Å². The zero-order valence-corrected chi connectivity index (χ0v) is 10.7. The van der Waals surface area contributed by atoms with E-state index in [-0.39, 0.29) is 0 Å². The first-order valence-electron chi connectivity index (χ1n) is 7.03. The van der Waals surface area contributed by atoms with Gasteiger partial charge in [0.05, 0.1) is 0 Å². The minimum Gasteiger partial charge on any atom is -0.381 e. The maximum absolute atomic E-state index is 5.43. The molecule has 0 amide bonds. The molecular formula is C13H21N3O2. The van der Waals surface area contributed by atoms with Crippen LogP contribution in [0.3, 0.4) is 0 Å². The lowest BCUT2D eigenvalue weighted by Crippen LogP contribution is -2.26. The molecule has 0 saturated carbocycles. The van der Waals surface area contributed by atoms with Gasteiger partial charge in [0.25, 0.3) is 0 Å². The number of rotatable bonds is 3. The van der Waals surface area contributed by atoms with Crippen LogP contribution >= 0.6 is 0 Å². The van der Waals surface area contributed by atoms with Crippen LogP contribution in [0.15, 0.2) is 4.52 Å². The van der Waals surface area contributed by atoms with E-state index >= 15 is 0 Å². The smallest absolute Gasteiger partial charge is 0.229 e. The predicted octanol–water partition coefficient (Wildman–Crippen LogP) is 1.51. The summed E-state index contributed by atoms with van der Waals surface area (Å²) in [5, 5.41) is 7.49. The molecule has 2 aliphatic rings. The Hall–Kier alpha value is -0.940. The molecule has 100 valence electrons. The number of nitrogens with one attached hydrogen (secondary N) is 1. The van der Waals surface area contributed by atoms with Gasteiger partial charge in [-0.05, 0) is 44.7 Å². The van der Waals surface area contributed by atoms with Crippen molar-refractivity contribution in [2.24, 2.45) is 5.92 Å². The average Bonchev–Trinajstić information content (AvgIpc) is 2.89. The first-order valence-corrected chi connectivity index (χ1v) is 7.03. The van der Waals surface area contributed by atoms with Gasteiger partial charge in [0.15, 0.2) is 5.82 Å². The lowest BCUT2D eigenvalue weighted by atomic mass is 9.96. The summed E-state index contributed by atoms with van der Waals surface area (Å²) >= 11 is 0. The Labute approximate surface area is 107 Å². The van der Waals surface area contributed by atoms with E-state index < -0.39 is 0 Å². The number of hydrogen-bond acceptors (Lipinski definition) is 5. The number of piperidine rings is 1. The summed E-state index contributed by atoms with van der Waals surface area (Å²) in [4.78, 5) is 4.58. The molecule has 0 radical (unpaired) electrons. The van der Waals surface area contributed by atoms with Gasteiger partial charge in [0.2, 0.25) is 5.89 Å². The molecule has 0 aliphatic carbocycles. The third-order valence-electron chi connectivity index (χ3n) is 3.98. The Bertz CT molecular complexity index is 368. The SMILES string of the molecule is C1CC(c2nc(CC3CCOCC3)no2)CCN1.